The van der Waals surface area contributed by atoms with Crippen molar-refractivity contribution < 1.29 is 14.3 Å². The number of para-hydroxylation sites is 1. The average molecular weight is 394 g/mol. The van der Waals surface area contributed by atoms with Crippen LogP contribution in [0.15, 0.2) is 72.1 Å². The summed E-state index contributed by atoms with van der Waals surface area (Å²) in [4.78, 5) is 25.7. The Morgan fingerprint density at radius 2 is 1.75 bits per heavy atom. The third kappa shape index (κ3) is 5.06. The maximum atomic E-state index is 12.5. The Hall–Kier alpha value is -2.96. The molecule has 28 heavy (non-hydrogen) atoms. The molecule has 3 aromatic rings. The van der Waals surface area contributed by atoms with Gasteiger partial charge >= 0.3 is 5.97 Å². The van der Waals surface area contributed by atoms with Gasteiger partial charge in [0.25, 0.3) is 0 Å². The van der Waals surface area contributed by atoms with Crippen molar-refractivity contribution in [3.8, 4) is 0 Å². The Bertz CT molecular complexity index is 911. The van der Waals surface area contributed by atoms with Crippen molar-refractivity contribution in [3.63, 3.8) is 0 Å². The fourth-order valence-corrected chi connectivity index (χ4v) is 3.68. The standard InChI is InChI=1S/C22H22N2O3S/c1-2-27-22(26)17-11-6-7-12-18(17)24-20(25)15-23-21(19-13-8-14-28-19)16-9-4-3-5-10-16/h3-14,21,23H,2,15H2,1H3,(H,24,25)/t21-/m0/s1. The van der Waals surface area contributed by atoms with Crippen molar-refractivity contribution in [1.82, 2.24) is 5.32 Å². The molecule has 0 aliphatic carbocycles. The molecule has 1 amide bonds. The van der Waals surface area contributed by atoms with Crippen LogP contribution in [0.2, 0.25) is 0 Å². The van der Waals surface area contributed by atoms with E-state index in [4.69, 9.17) is 4.74 Å². The molecule has 6 heteroatoms. The molecule has 0 fully saturated rings. The molecule has 144 valence electrons. The molecule has 2 aromatic carbocycles. The lowest BCUT2D eigenvalue weighted by Crippen LogP contribution is -2.32. The molecule has 3 rings (SSSR count). The number of esters is 1. The van der Waals surface area contributed by atoms with Crippen LogP contribution in [0.1, 0.15) is 33.8 Å². The first-order valence-electron chi connectivity index (χ1n) is 9.06. The quantitative estimate of drug-likeness (QED) is 0.561. The van der Waals surface area contributed by atoms with Gasteiger partial charge in [-0.1, -0.05) is 48.5 Å². The van der Waals surface area contributed by atoms with E-state index in [0.29, 0.717) is 11.3 Å². The third-order valence-corrected chi connectivity index (χ3v) is 5.06. The van der Waals surface area contributed by atoms with E-state index in [-0.39, 0.29) is 25.1 Å². The zero-order chi connectivity index (χ0) is 19.8. The van der Waals surface area contributed by atoms with Crippen LogP contribution in [-0.4, -0.2) is 25.0 Å². The number of hydrogen-bond acceptors (Lipinski definition) is 5. The number of ether oxygens (including phenoxy) is 1. The summed E-state index contributed by atoms with van der Waals surface area (Å²) in [7, 11) is 0. The first kappa shape index (κ1) is 19.8. The van der Waals surface area contributed by atoms with Crippen LogP contribution in [0.5, 0.6) is 0 Å². The summed E-state index contributed by atoms with van der Waals surface area (Å²) in [5.41, 5.74) is 1.88. The fourth-order valence-electron chi connectivity index (χ4n) is 2.85. The number of carbonyl (C=O) groups excluding carboxylic acids is 2. The number of anilines is 1. The highest BCUT2D eigenvalue weighted by Gasteiger charge is 2.17. The molecule has 1 aromatic heterocycles. The van der Waals surface area contributed by atoms with Gasteiger partial charge in [0.1, 0.15) is 0 Å². The molecule has 0 saturated heterocycles. The fraction of sp³-hybridized carbons (Fsp3) is 0.182. The number of hydrogen-bond donors (Lipinski definition) is 2. The predicted molar refractivity (Wildman–Crippen MR) is 112 cm³/mol. The second-order valence-corrected chi connectivity index (χ2v) is 7.03. The van der Waals surface area contributed by atoms with Crippen molar-refractivity contribution >= 4 is 28.9 Å². The van der Waals surface area contributed by atoms with E-state index in [9.17, 15) is 9.59 Å². The minimum absolute atomic E-state index is 0.0766. The molecule has 2 N–H and O–H groups in total. The monoisotopic (exact) mass is 394 g/mol. The van der Waals surface area contributed by atoms with Crippen LogP contribution in [0.4, 0.5) is 5.69 Å². The molecule has 0 aliphatic heterocycles. The minimum Gasteiger partial charge on any atom is -0.462 e. The van der Waals surface area contributed by atoms with Crippen LogP contribution in [0.25, 0.3) is 0 Å². The molecule has 5 nitrogen and oxygen atoms in total. The Kier molecular flexibility index (Phi) is 6.94. The summed E-state index contributed by atoms with van der Waals surface area (Å²) in [6.07, 6.45) is 0. The van der Waals surface area contributed by atoms with Crippen molar-refractivity contribution in [3.05, 3.63) is 88.1 Å². The van der Waals surface area contributed by atoms with Crippen LogP contribution >= 0.6 is 11.3 Å². The van der Waals surface area contributed by atoms with E-state index >= 15 is 0 Å². The highest BCUT2D eigenvalue weighted by Crippen LogP contribution is 2.25. The first-order valence-corrected chi connectivity index (χ1v) is 9.94. The van der Waals surface area contributed by atoms with Crippen molar-refractivity contribution in [1.29, 1.82) is 0 Å². The zero-order valence-electron chi connectivity index (χ0n) is 15.6. The van der Waals surface area contributed by atoms with Gasteiger partial charge in [-0.2, -0.15) is 0 Å². The number of benzene rings is 2. The van der Waals surface area contributed by atoms with Gasteiger partial charge in [0.15, 0.2) is 0 Å². The number of amides is 1. The largest absolute Gasteiger partial charge is 0.462 e. The summed E-state index contributed by atoms with van der Waals surface area (Å²) in [5, 5.41) is 8.13. The molecule has 1 atom stereocenters. The van der Waals surface area contributed by atoms with Gasteiger partial charge < -0.3 is 10.1 Å². The molecule has 0 spiro atoms. The smallest absolute Gasteiger partial charge is 0.340 e. The summed E-state index contributed by atoms with van der Waals surface area (Å²) < 4.78 is 5.05. The Morgan fingerprint density at radius 3 is 2.46 bits per heavy atom. The lowest BCUT2D eigenvalue weighted by molar-refractivity contribution is -0.115. The Labute approximate surface area is 168 Å². The van der Waals surface area contributed by atoms with Gasteiger partial charge in [0.05, 0.1) is 30.4 Å². The number of carbonyl (C=O) groups is 2. The maximum Gasteiger partial charge on any atom is 0.340 e. The molecule has 0 unspecified atom stereocenters. The van der Waals surface area contributed by atoms with E-state index in [2.05, 4.69) is 10.6 Å². The van der Waals surface area contributed by atoms with Crippen LogP contribution < -0.4 is 10.6 Å². The average Bonchev–Trinajstić information content (AvgIpc) is 3.24. The molecular weight excluding hydrogens is 372 g/mol. The third-order valence-electron chi connectivity index (χ3n) is 4.12. The lowest BCUT2D eigenvalue weighted by atomic mass is 10.1. The topological polar surface area (TPSA) is 67.4 Å². The number of nitrogens with one attached hydrogen (secondary N) is 2. The maximum absolute atomic E-state index is 12.5. The molecule has 0 bridgehead atoms. The summed E-state index contributed by atoms with van der Waals surface area (Å²) in [5.74, 6) is -0.679. The summed E-state index contributed by atoms with van der Waals surface area (Å²) >= 11 is 1.64. The first-order chi connectivity index (χ1) is 13.7. The summed E-state index contributed by atoms with van der Waals surface area (Å²) in [6.45, 7) is 2.13. The highest BCUT2D eigenvalue weighted by molar-refractivity contribution is 7.10. The van der Waals surface area contributed by atoms with Gasteiger partial charge in [-0.15, -0.1) is 11.3 Å². The normalized spacial score (nSPS) is 11.6. The molecule has 0 saturated carbocycles. The second-order valence-electron chi connectivity index (χ2n) is 6.05. The second kappa shape index (κ2) is 9.82. The minimum atomic E-state index is -0.452. The van der Waals surface area contributed by atoms with Gasteiger partial charge in [-0.3, -0.25) is 10.1 Å². The van der Waals surface area contributed by atoms with Gasteiger partial charge in [-0.05, 0) is 36.1 Å². The van der Waals surface area contributed by atoms with E-state index < -0.39 is 5.97 Å². The molecule has 0 aliphatic rings. The van der Waals surface area contributed by atoms with Crippen LogP contribution in [0.3, 0.4) is 0 Å². The van der Waals surface area contributed by atoms with Gasteiger partial charge in [-0.25, -0.2) is 4.79 Å². The predicted octanol–water partition coefficient (Wildman–Crippen LogP) is 4.24. The van der Waals surface area contributed by atoms with E-state index in [1.807, 2.05) is 47.8 Å². The van der Waals surface area contributed by atoms with Crippen molar-refractivity contribution in [2.45, 2.75) is 13.0 Å². The zero-order valence-corrected chi connectivity index (χ0v) is 16.4. The van der Waals surface area contributed by atoms with Gasteiger partial charge in [0.2, 0.25) is 5.91 Å². The van der Waals surface area contributed by atoms with E-state index in [1.54, 1.807) is 42.5 Å². The van der Waals surface area contributed by atoms with Crippen LogP contribution in [0, 0.1) is 0 Å². The van der Waals surface area contributed by atoms with E-state index in [1.165, 1.54) is 0 Å². The Morgan fingerprint density at radius 1 is 1.00 bits per heavy atom. The molecule has 1 heterocycles. The van der Waals surface area contributed by atoms with Gasteiger partial charge in [0, 0.05) is 4.88 Å². The number of rotatable bonds is 8. The number of thiophene rings is 1. The highest BCUT2D eigenvalue weighted by atomic mass is 32.1. The lowest BCUT2D eigenvalue weighted by Gasteiger charge is -2.18. The SMILES string of the molecule is CCOC(=O)c1ccccc1NC(=O)CN[C@@H](c1ccccc1)c1cccs1. The summed E-state index contributed by atoms with van der Waals surface area (Å²) in [6, 6.07) is 20.8. The Balaban J connectivity index is 1.69. The van der Waals surface area contributed by atoms with E-state index in [0.717, 1.165) is 10.4 Å². The van der Waals surface area contributed by atoms with Crippen molar-refractivity contribution in [2.75, 3.05) is 18.5 Å². The van der Waals surface area contributed by atoms with Crippen molar-refractivity contribution in [2.24, 2.45) is 0 Å². The van der Waals surface area contributed by atoms with Crippen LogP contribution in [-0.2, 0) is 9.53 Å². The molecular formula is C22H22N2O3S. The molecule has 0 radical (unpaired) electrons.